The minimum absolute atomic E-state index is 0.0980. The van der Waals surface area contributed by atoms with Gasteiger partial charge in [0, 0.05) is 12.3 Å². The number of rotatable bonds is 6. The standard InChI is InChI=1S/C22H20ClN7O4/c1-12-8-14-5-7-25-29(14)19(22(32)26-13-10-34-11-13)18(12)27-21(31)16-9-17(33-2)28-30(16)20-15(23)4-3-6-24-20/h3-9,13H,10-11H2,1-2H3,(H,26,32)(H,27,31). The first kappa shape index (κ1) is 21.9. The fourth-order valence-corrected chi connectivity index (χ4v) is 3.83. The van der Waals surface area contributed by atoms with Crippen LogP contribution in [0, 0.1) is 6.92 Å². The minimum atomic E-state index is -0.534. The lowest BCUT2D eigenvalue weighted by Crippen LogP contribution is -2.49. The third-order valence-corrected chi connectivity index (χ3v) is 5.67. The topological polar surface area (TPSA) is 125 Å². The second kappa shape index (κ2) is 8.76. The Morgan fingerprint density at radius 2 is 2.03 bits per heavy atom. The molecule has 1 aliphatic rings. The SMILES string of the molecule is COc1cc(C(=O)Nc2c(C)cc3ccnn3c2C(=O)NC2COC2)n(-c2ncccc2Cl)n1. The van der Waals surface area contributed by atoms with E-state index in [4.69, 9.17) is 21.1 Å². The summed E-state index contributed by atoms with van der Waals surface area (Å²) in [6.45, 7) is 2.68. The van der Waals surface area contributed by atoms with Crippen LogP contribution in [0.15, 0.2) is 42.7 Å². The van der Waals surface area contributed by atoms with Gasteiger partial charge in [-0.2, -0.15) is 5.10 Å². The van der Waals surface area contributed by atoms with Crippen LogP contribution < -0.4 is 15.4 Å². The number of nitrogens with zero attached hydrogens (tertiary/aromatic N) is 5. The van der Waals surface area contributed by atoms with E-state index in [1.807, 2.05) is 6.07 Å². The average Bonchev–Trinajstić information content (AvgIpc) is 3.43. The maximum Gasteiger partial charge on any atom is 0.274 e. The summed E-state index contributed by atoms with van der Waals surface area (Å²) in [6.07, 6.45) is 3.13. The molecule has 0 atom stereocenters. The molecule has 5 rings (SSSR count). The molecule has 4 aromatic heterocycles. The predicted octanol–water partition coefficient (Wildman–Crippen LogP) is 2.27. The Kier molecular flexibility index (Phi) is 5.64. The molecule has 2 N–H and O–H groups in total. The van der Waals surface area contributed by atoms with E-state index >= 15 is 0 Å². The van der Waals surface area contributed by atoms with E-state index in [9.17, 15) is 9.59 Å². The number of nitrogens with one attached hydrogen (secondary N) is 2. The van der Waals surface area contributed by atoms with Gasteiger partial charge in [-0.15, -0.1) is 5.10 Å². The van der Waals surface area contributed by atoms with E-state index in [0.29, 0.717) is 29.5 Å². The molecule has 12 heteroatoms. The summed E-state index contributed by atoms with van der Waals surface area (Å²) >= 11 is 6.29. The summed E-state index contributed by atoms with van der Waals surface area (Å²) < 4.78 is 13.2. The molecule has 174 valence electrons. The van der Waals surface area contributed by atoms with Crippen LogP contribution in [0.4, 0.5) is 5.69 Å². The number of aromatic nitrogens is 5. The number of hydrogen-bond acceptors (Lipinski definition) is 7. The Hall–Kier alpha value is -3.96. The largest absolute Gasteiger partial charge is 0.480 e. The van der Waals surface area contributed by atoms with Crippen molar-refractivity contribution in [2.75, 3.05) is 25.6 Å². The predicted molar refractivity (Wildman–Crippen MR) is 123 cm³/mol. The molecule has 11 nitrogen and oxygen atoms in total. The Labute approximate surface area is 198 Å². The van der Waals surface area contributed by atoms with E-state index in [1.165, 1.54) is 22.4 Å². The van der Waals surface area contributed by atoms with E-state index in [2.05, 4.69) is 25.8 Å². The van der Waals surface area contributed by atoms with Crippen LogP contribution in [0.25, 0.3) is 11.3 Å². The maximum atomic E-state index is 13.5. The zero-order chi connectivity index (χ0) is 23.8. The molecule has 0 bridgehead atoms. The van der Waals surface area contributed by atoms with Gasteiger partial charge in [0.15, 0.2) is 11.5 Å². The fraction of sp³-hybridized carbons (Fsp3) is 0.227. The molecule has 1 fully saturated rings. The van der Waals surface area contributed by atoms with Gasteiger partial charge in [-0.1, -0.05) is 11.6 Å². The number of halogens is 1. The number of amides is 2. The number of fused-ring (bicyclic) bond motifs is 1. The zero-order valence-electron chi connectivity index (χ0n) is 18.3. The molecule has 0 aromatic carbocycles. The summed E-state index contributed by atoms with van der Waals surface area (Å²) in [7, 11) is 1.44. The Morgan fingerprint density at radius 1 is 1.21 bits per heavy atom. The van der Waals surface area contributed by atoms with Gasteiger partial charge in [0.1, 0.15) is 5.69 Å². The molecule has 0 radical (unpaired) electrons. The summed E-state index contributed by atoms with van der Waals surface area (Å²) in [5, 5.41) is 14.6. The van der Waals surface area contributed by atoms with Crippen LogP contribution in [0.1, 0.15) is 26.5 Å². The quantitative estimate of drug-likeness (QED) is 0.432. The molecule has 1 saturated heterocycles. The van der Waals surface area contributed by atoms with E-state index < -0.39 is 5.91 Å². The highest BCUT2D eigenvalue weighted by Crippen LogP contribution is 2.27. The fourth-order valence-electron chi connectivity index (χ4n) is 3.63. The van der Waals surface area contributed by atoms with Crippen LogP contribution in [0.2, 0.25) is 5.02 Å². The highest BCUT2D eigenvalue weighted by molar-refractivity contribution is 6.32. The van der Waals surface area contributed by atoms with Gasteiger partial charge in [-0.3, -0.25) is 9.59 Å². The number of pyridine rings is 2. The van der Waals surface area contributed by atoms with E-state index in [-0.39, 0.29) is 35.0 Å². The lowest BCUT2D eigenvalue weighted by atomic mass is 10.1. The van der Waals surface area contributed by atoms with Crippen LogP contribution in [-0.2, 0) is 4.74 Å². The average molecular weight is 482 g/mol. The Morgan fingerprint density at radius 3 is 2.74 bits per heavy atom. The Balaban J connectivity index is 1.56. The minimum Gasteiger partial charge on any atom is -0.480 e. The van der Waals surface area contributed by atoms with Crippen molar-refractivity contribution in [2.45, 2.75) is 13.0 Å². The number of hydrogen-bond donors (Lipinski definition) is 2. The summed E-state index contributed by atoms with van der Waals surface area (Å²) in [6, 6.07) is 8.30. The molecule has 34 heavy (non-hydrogen) atoms. The second-order valence-corrected chi connectivity index (χ2v) is 8.08. The first-order chi connectivity index (χ1) is 16.5. The van der Waals surface area contributed by atoms with Crippen molar-refractivity contribution in [3.63, 3.8) is 0 Å². The number of carbonyl (C=O) groups is 2. The van der Waals surface area contributed by atoms with Crippen LogP contribution in [-0.4, -0.2) is 62.6 Å². The van der Waals surface area contributed by atoms with Gasteiger partial charge in [-0.25, -0.2) is 14.2 Å². The molecule has 2 amide bonds. The zero-order valence-corrected chi connectivity index (χ0v) is 19.0. The number of ether oxygens (including phenoxy) is 2. The molecule has 4 aromatic rings. The molecule has 1 aliphatic heterocycles. The van der Waals surface area contributed by atoms with E-state index in [1.54, 1.807) is 37.5 Å². The molecular formula is C22H20ClN7O4. The first-order valence-electron chi connectivity index (χ1n) is 10.4. The molecule has 5 heterocycles. The van der Waals surface area contributed by atoms with Crippen molar-refractivity contribution < 1.29 is 19.1 Å². The third kappa shape index (κ3) is 3.84. The summed E-state index contributed by atoms with van der Waals surface area (Å²) in [4.78, 5) is 30.9. The second-order valence-electron chi connectivity index (χ2n) is 7.67. The van der Waals surface area contributed by atoms with Crippen molar-refractivity contribution in [3.8, 4) is 11.7 Å². The monoisotopic (exact) mass is 481 g/mol. The van der Waals surface area contributed by atoms with Gasteiger partial charge >= 0.3 is 0 Å². The van der Waals surface area contributed by atoms with Crippen molar-refractivity contribution in [2.24, 2.45) is 0 Å². The highest BCUT2D eigenvalue weighted by Gasteiger charge is 2.27. The van der Waals surface area contributed by atoms with Crippen molar-refractivity contribution in [1.29, 1.82) is 0 Å². The molecule has 0 aliphatic carbocycles. The van der Waals surface area contributed by atoms with Crippen molar-refractivity contribution in [1.82, 2.24) is 29.7 Å². The van der Waals surface area contributed by atoms with Crippen molar-refractivity contribution >= 4 is 34.6 Å². The van der Waals surface area contributed by atoms with Crippen LogP contribution >= 0.6 is 11.6 Å². The first-order valence-corrected chi connectivity index (χ1v) is 10.8. The molecular weight excluding hydrogens is 462 g/mol. The lowest BCUT2D eigenvalue weighted by molar-refractivity contribution is -0.00357. The van der Waals surface area contributed by atoms with Crippen LogP contribution in [0.3, 0.4) is 0 Å². The van der Waals surface area contributed by atoms with Gasteiger partial charge in [0.05, 0.1) is 48.8 Å². The van der Waals surface area contributed by atoms with Gasteiger partial charge in [-0.05, 0) is 36.8 Å². The van der Waals surface area contributed by atoms with Crippen molar-refractivity contribution in [3.05, 3.63) is 64.7 Å². The smallest absolute Gasteiger partial charge is 0.274 e. The maximum absolute atomic E-state index is 13.5. The number of methoxy groups -OCH3 is 1. The number of aryl methyl sites for hydroxylation is 1. The molecule has 0 saturated carbocycles. The lowest BCUT2D eigenvalue weighted by Gasteiger charge is -2.27. The normalized spacial score (nSPS) is 13.5. The summed E-state index contributed by atoms with van der Waals surface area (Å²) in [5.41, 5.74) is 2.05. The Bertz CT molecular complexity index is 1410. The van der Waals surface area contributed by atoms with Gasteiger partial charge in [0.2, 0.25) is 5.88 Å². The summed E-state index contributed by atoms with van der Waals surface area (Å²) in [5.74, 6) is -0.443. The van der Waals surface area contributed by atoms with Crippen LogP contribution in [0.5, 0.6) is 5.88 Å². The number of carbonyl (C=O) groups excluding carboxylic acids is 2. The number of anilines is 1. The van der Waals surface area contributed by atoms with Gasteiger partial charge in [0.25, 0.3) is 11.8 Å². The van der Waals surface area contributed by atoms with E-state index in [0.717, 1.165) is 5.52 Å². The molecule has 0 spiro atoms. The third-order valence-electron chi connectivity index (χ3n) is 5.37. The highest BCUT2D eigenvalue weighted by atomic mass is 35.5. The molecule has 0 unspecified atom stereocenters. The van der Waals surface area contributed by atoms with Gasteiger partial charge < -0.3 is 20.1 Å².